The summed E-state index contributed by atoms with van der Waals surface area (Å²) < 4.78 is 5.53. The number of aromatic nitrogens is 2. The Morgan fingerprint density at radius 3 is 2.42 bits per heavy atom. The van der Waals surface area contributed by atoms with Crippen LogP contribution in [0.1, 0.15) is 41.2 Å². The van der Waals surface area contributed by atoms with Gasteiger partial charge in [0.2, 0.25) is 5.89 Å². The van der Waals surface area contributed by atoms with Gasteiger partial charge in [0, 0.05) is 15.7 Å². The number of nitrogens with one attached hydrogen (secondary N) is 1. The number of hydrogen-bond donors (Lipinski definition) is 1. The van der Waals surface area contributed by atoms with E-state index in [2.05, 4.69) is 29.4 Å². The van der Waals surface area contributed by atoms with Crippen LogP contribution in [0.25, 0.3) is 0 Å². The molecule has 134 valence electrons. The third-order valence-electron chi connectivity index (χ3n) is 3.65. The Labute approximate surface area is 157 Å². The summed E-state index contributed by atoms with van der Waals surface area (Å²) in [6, 6.07) is 15.7. The number of thioether (sulfide) groups is 1. The molecule has 0 bridgehead atoms. The fourth-order valence-electron chi connectivity index (χ4n) is 2.38. The van der Waals surface area contributed by atoms with E-state index in [9.17, 15) is 4.79 Å². The molecule has 0 fully saturated rings. The molecule has 1 amide bonds. The molecule has 0 aliphatic carbocycles. The highest BCUT2D eigenvalue weighted by Crippen LogP contribution is 2.23. The molecule has 0 unspecified atom stereocenters. The van der Waals surface area contributed by atoms with Crippen LogP contribution in [0.5, 0.6) is 0 Å². The first-order valence-corrected chi connectivity index (χ1v) is 9.33. The van der Waals surface area contributed by atoms with Gasteiger partial charge in [0.15, 0.2) is 0 Å². The van der Waals surface area contributed by atoms with Gasteiger partial charge in [-0.2, -0.15) is 0 Å². The van der Waals surface area contributed by atoms with E-state index in [1.165, 1.54) is 5.56 Å². The number of carbonyl (C=O) groups is 1. The number of anilines is 1. The second kappa shape index (κ2) is 8.19. The van der Waals surface area contributed by atoms with Crippen LogP contribution in [-0.2, 0) is 6.42 Å². The first-order valence-electron chi connectivity index (χ1n) is 8.45. The Hall–Kier alpha value is -2.60. The number of benzene rings is 2. The Morgan fingerprint density at radius 1 is 1.08 bits per heavy atom. The van der Waals surface area contributed by atoms with E-state index < -0.39 is 0 Å². The summed E-state index contributed by atoms with van der Waals surface area (Å²) in [5.41, 5.74) is 2.83. The predicted octanol–water partition coefficient (Wildman–Crippen LogP) is 4.72. The maximum atomic E-state index is 12.3. The lowest BCUT2D eigenvalue weighted by Crippen LogP contribution is -2.12. The summed E-state index contributed by atoms with van der Waals surface area (Å²) in [6.45, 7) is 6.31. The zero-order valence-electron chi connectivity index (χ0n) is 15.0. The van der Waals surface area contributed by atoms with E-state index in [-0.39, 0.29) is 11.9 Å². The van der Waals surface area contributed by atoms with Crippen LogP contribution >= 0.6 is 11.8 Å². The van der Waals surface area contributed by atoms with E-state index in [0.717, 1.165) is 10.5 Å². The largest absolute Gasteiger partial charge is 0.407 e. The summed E-state index contributed by atoms with van der Waals surface area (Å²) in [5.74, 6) is 0.199. The molecular weight excluding hydrogens is 346 g/mol. The topological polar surface area (TPSA) is 68.0 Å². The van der Waals surface area contributed by atoms with Gasteiger partial charge in [-0.05, 0) is 36.8 Å². The van der Waals surface area contributed by atoms with Crippen LogP contribution < -0.4 is 5.32 Å². The molecule has 0 aliphatic rings. The molecule has 0 aliphatic heterocycles. The third kappa shape index (κ3) is 4.95. The molecule has 3 aromatic rings. The van der Waals surface area contributed by atoms with E-state index >= 15 is 0 Å². The molecule has 2 aromatic carbocycles. The average Bonchev–Trinajstić information content (AvgIpc) is 3.04. The first-order chi connectivity index (χ1) is 12.5. The van der Waals surface area contributed by atoms with Crippen molar-refractivity contribution >= 4 is 23.7 Å². The van der Waals surface area contributed by atoms with Gasteiger partial charge in [0.05, 0.1) is 6.42 Å². The van der Waals surface area contributed by atoms with Crippen molar-refractivity contribution < 1.29 is 9.21 Å². The van der Waals surface area contributed by atoms with E-state index in [1.54, 1.807) is 23.9 Å². The summed E-state index contributed by atoms with van der Waals surface area (Å²) in [5, 5.41) is 11.0. The van der Waals surface area contributed by atoms with Crippen LogP contribution in [0.3, 0.4) is 0 Å². The number of hydrogen-bond acceptors (Lipinski definition) is 5. The van der Waals surface area contributed by atoms with Crippen molar-refractivity contribution in [1.82, 2.24) is 10.2 Å². The lowest BCUT2D eigenvalue weighted by molar-refractivity contribution is 0.102. The maximum absolute atomic E-state index is 12.3. The second-order valence-electron chi connectivity index (χ2n) is 6.31. The van der Waals surface area contributed by atoms with Gasteiger partial charge < -0.3 is 4.42 Å². The Kier molecular flexibility index (Phi) is 5.73. The van der Waals surface area contributed by atoms with Crippen molar-refractivity contribution in [3.63, 3.8) is 0 Å². The van der Waals surface area contributed by atoms with Crippen molar-refractivity contribution in [3.8, 4) is 0 Å². The second-order valence-corrected chi connectivity index (χ2v) is 7.96. The number of nitrogens with zero attached hydrogens (tertiary/aromatic N) is 2. The molecule has 0 saturated carbocycles. The third-order valence-corrected chi connectivity index (χ3v) is 4.67. The minimum absolute atomic E-state index is 0.109. The lowest BCUT2D eigenvalue weighted by atomic mass is 10.1. The normalized spacial score (nSPS) is 10.9. The Balaban J connectivity index is 1.61. The molecule has 6 heteroatoms. The molecule has 1 heterocycles. The number of rotatable bonds is 6. The van der Waals surface area contributed by atoms with Crippen LogP contribution in [0.4, 0.5) is 6.01 Å². The summed E-state index contributed by atoms with van der Waals surface area (Å²) >= 11 is 1.76. The molecule has 26 heavy (non-hydrogen) atoms. The number of carbonyl (C=O) groups excluding carboxylic acids is 1. The molecule has 0 radical (unpaired) electrons. The standard InChI is InChI=1S/C20H21N3O2S/c1-13(2)26-17-10-8-16(9-11-17)19(24)21-20-23-22-18(25-20)12-15-6-4-14(3)5-7-15/h4-11,13H,12H2,1-3H3,(H,21,23,24). The van der Waals surface area contributed by atoms with Gasteiger partial charge in [-0.15, -0.1) is 16.9 Å². The molecular formula is C20H21N3O2S. The highest BCUT2D eigenvalue weighted by atomic mass is 32.2. The average molecular weight is 367 g/mol. The lowest BCUT2D eigenvalue weighted by Gasteiger charge is -2.05. The molecule has 1 N–H and O–H groups in total. The van der Waals surface area contributed by atoms with Crippen LogP contribution in [0.2, 0.25) is 0 Å². The minimum atomic E-state index is -0.267. The van der Waals surface area contributed by atoms with Crippen molar-refractivity contribution in [3.05, 3.63) is 71.1 Å². The molecule has 3 rings (SSSR count). The SMILES string of the molecule is Cc1ccc(Cc2nnc(NC(=O)c3ccc(SC(C)C)cc3)o2)cc1. The molecule has 0 atom stereocenters. The van der Waals surface area contributed by atoms with E-state index in [4.69, 9.17) is 4.42 Å². The van der Waals surface area contributed by atoms with Gasteiger partial charge in [0.25, 0.3) is 5.91 Å². The Bertz CT molecular complexity index is 871. The number of aryl methyl sites for hydroxylation is 1. The highest BCUT2D eigenvalue weighted by Gasteiger charge is 2.12. The Morgan fingerprint density at radius 2 is 1.77 bits per heavy atom. The monoisotopic (exact) mass is 367 g/mol. The fourth-order valence-corrected chi connectivity index (χ4v) is 3.22. The van der Waals surface area contributed by atoms with E-state index in [1.807, 2.05) is 43.3 Å². The van der Waals surface area contributed by atoms with Gasteiger partial charge >= 0.3 is 6.01 Å². The van der Waals surface area contributed by atoms with Crippen LogP contribution in [0.15, 0.2) is 57.8 Å². The highest BCUT2D eigenvalue weighted by molar-refractivity contribution is 7.99. The van der Waals surface area contributed by atoms with Crippen molar-refractivity contribution in [2.45, 2.75) is 37.3 Å². The van der Waals surface area contributed by atoms with E-state index in [0.29, 0.717) is 23.1 Å². The van der Waals surface area contributed by atoms with Crippen molar-refractivity contribution in [2.75, 3.05) is 5.32 Å². The molecule has 0 saturated heterocycles. The minimum Gasteiger partial charge on any atom is -0.407 e. The summed E-state index contributed by atoms with van der Waals surface area (Å²) in [6.07, 6.45) is 0.532. The first kappa shape index (κ1) is 18.2. The molecule has 0 spiro atoms. The zero-order valence-corrected chi connectivity index (χ0v) is 15.8. The predicted molar refractivity (Wildman–Crippen MR) is 104 cm³/mol. The van der Waals surface area contributed by atoms with Crippen LogP contribution in [0, 0.1) is 6.92 Å². The van der Waals surface area contributed by atoms with Gasteiger partial charge in [-0.25, -0.2) is 0 Å². The molecule has 5 nitrogen and oxygen atoms in total. The van der Waals surface area contributed by atoms with Crippen molar-refractivity contribution in [2.24, 2.45) is 0 Å². The van der Waals surface area contributed by atoms with Crippen LogP contribution in [-0.4, -0.2) is 21.4 Å². The maximum Gasteiger partial charge on any atom is 0.322 e. The zero-order chi connectivity index (χ0) is 18.5. The van der Waals surface area contributed by atoms with Gasteiger partial charge in [-0.1, -0.05) is 48.8 Å². The van der Waals surface area contributed by atoms with Gasteiger partial charge in [-0.3, -0.25) is 10.1 Å². The fraction of sp³-hybridized carbons (Fsp3) is 0.250. The smallest absolute Gasteiger partial charge is 0.322 e. The summed E-state index contributed by atoms with van der Waals surface area (Å²) in [7, 11) is 0. The summed E-state index contributed by atoms with van der Waals surface area (Å²) in [4.78, 5) is 13.4. The van der Waals surface area contributed by atoms with Gasteiger partial charge in [0.1, 0.15) is 0 Å². The quantitative estimate of drug-likeness (QED) is 0.638. The van der Waals surface area contributed by atoms with Crippen molar-refractivity contribution in [1.29, 1.82) is 0 Å². The molecule has 1 aromatic heterocycles. The number of amides is 1.